The van der Waals surface area contributed by atoms with Gasteiger partial charge in [-0.3, -0.25) is 0 Å². The highest BCUT2D eigenvalue weighted by Crippen LogP contribution is 2.38. The van der Waals surface area contributed by atoms with E-state index < -0.39 is 100 Å². The molecule has 9 N–H and O–H groups in total. The van der Waals surface area contributed by atoms with E-state index in [9.17, 15) is 60.3 Å². The van der Waals surface area contributed by atoms with Gasteiger partial charge in [-0.25, -0.2) is 14.4 Å². The van der Waals surface area contributed by atoms with Crippen LogP contribution in [0.25, 0.3) is 0 Å². The summed E-state index contributed by atoms with van der Waals surface area (Å²) in [5.74, 6) is -9.74. The molecule has 1 aliphatic rings. The van der Waals surface area contributed by atoms with Gasteiger partial charge in [0.1, 0.15) is 18.3 Å². The zero-order chi connectivity index (χ0) is 26.2. The van der Waals surface area contributed by atoms with E-state index in [4.69, 9.17) is 9.47 Å². The fourth-order valence-electron chi connectivity index (χ4n) is 3.48. The van der Waals surface area contributed by atoms with Gasteiger partial charge in [0.2, 0.25) is 0 Å². The minimum absolute atomic E-state index is 0.502. The van der Waals surface area contributed by atoms with Gasteiger partial charge in [0.15, 0.2) is 40.1 Å². The average molecular weight is 496 g/mol. The molecule has 1 fully saturated rings. The van der Waals surface area contributed by atoms with Gasteiger partial charge in [-0.15, -0.1) is 0 Å². The Hall–Kier alpha value is -4.43. The maximum absolute atomic E-state index is 12.5. The third-order valence-electron chi connectivity index (χ3n) is 5.37. The molecule has 2 aromatic carbocycles. The summed E-state index contributed by atoms with van der Waals surface area (Å²) in [6.07, 6.45) is -7.08. The molecule has 0 spiro atoms. The van der Waals surface area contributed by atoms with Crippen LogP contribution in [0.15, 0.2) is 24.3 Å². The highest BCUT2D eigenvalue weighted by Gasteiger charge is 2.52. The molecule has 0 bridgehead atoms. The average Bonchev–Trinajstić information content (AvgIpc) is 2.77. The van der Waals surface area contributed by atoms with E-state index in [2.05, 4.69) is 0 Å². The van der Waals surface area contributed by atoms with Gasteiger partial charge in [-0.1, -0.05) is 0 Å². The molecule has 2 aromatic rings. The van der Waals surface area contributed by atoms with Crippen LogP contribution >= 0.6 is 0 Å². The number of carboxylic acid groups (broad SMARTS) is 1. The van der Waals surface area contributed by atoms with Crippen molar-refractivity contribution in [3.63, 3.8) is 0 Å². The van der Waals surface area contributed by atoms with Crippen molar-refractivity contribution >= 4 is 17.9 Å². The Balaban J connectivity index is 1.86. The summed E-state index contributed by atoms with van der Waals surface area (Å²) in [6, 6.07) is 2.88. The molecule has 0 saturated heterocycles. The van der Waals surface area contributed by atoms with Gasteiger partial charge in [0.05, 0.1) is 11.1 Å². The summed E-state index contributed by atoms with van der Waals surface area (Å²) in [6.45, 7) is 0. The Morgan fingerprint density at radius 1 is 0.714 bits per heavy atom. The van der Waals surface area contributed by atoms with Gasteiger partial charge < -0.3 is 55.4 Å². The number of benzene rings is 2. The largest absolute Gasteiger partial charge is 0.504 e. The van der Waals surface area contributed by atoms with Crippen molar-refractivity contribution < 1.29 is 69.8 Å². The molecule has 0 radical (unpaired) electrons. The predicted molar refractivity (Wildman–Crippen MR) is 109 cm³/mol. The van der Waals surface area contributed by atoms with Crippen molar-refractivity contribution in [3.05, 3.63) is 35.4 Å². The first kappa shape index (κ1) is 25.2. The Bertz CT molecular complexity index is 1060. The highest BCUT2D eigenvalue weighted by molar-refractivity contribution is 5.92. The fraction of sp³-hybridized carbons (Fsp3) is 0.286. The van der Waals surface area contributed by atoms with E-state index in [0.29, 0.717) is 0 Å². The second-order valence-electron chi connectivity index (χ2n) is 7.85. The lowest BCUT2D eigenvalue weighted by atomic mass is 9.79. The van der Waals surface area contributed by atoms with E-state index in [0.717, 1.165) is 24.3 Å². The molecule has 3 rings (SSSR count). The molecular weight excluding hydrogens is 476 g/mol. The number of carbonyl (C=O) groups is 3. The van der Waals surface area contributed by atoms with Crippen molar-refractivity contribution in [1.82, 2.24) is 0 Å². The number of esters is 2. The van der Waals surface area contributed by atoms with Gasteiger partial charge >= 0.3 is 17.9 Å². The van der Waals surface area contributed by atoms with Crippen molar-refractivity contribution in [1.29, 1.82) is 0 Å². The highest BCUT2D eigenvalue weighted by atomic mass is 16.6. The summed E-state index contributed by atoms with van der Waals surface area (Å²) in [7, 11) is 0. The maximum atomic E-state index is 12.5. The van der Waals surface area contributed by atoms with Crippen molar-refractivity contribution in [2.75, 3.05) is 0 Å². The summed E-state index contributed by atoms with van der Waals surface area (Å²) < 4.78 is 10.1. The van der Waals surface area contributed by atoms with Crippen LogP contribution in [0.2, 0.25) is 0 Å². The van der Waals surface area contributed by atoms with Crippen LogP contribution in [0, 0.1) is 0 Å². The number of phenols is 6. The molecule has 35 heavy (non-hydrogen) atoms. The standard InChI is InChI=1S/C21H20O14/c22-9-1-7(2-10(23)15(9)26)18(29)34-13-5-21(33,20(31)32)6-14(17(13)28)35-19(30)8-3-11(24)16(27)12(25)4-8/h1-4,13-14,17,22-28,33H,5-6H2,(H,31,32)/t13-,14-,17?,21?/m0/s1. The predicted octanol–water partition coefficient (Wildman–Crippen LogP) is -0.358. The number of aliphatic hydroxyl groups is 2. The van der Waals surface area contributed by atoms with Gasteiger partial charge in [-0.2, -0.15) is 0 Å². The Morgan fingerprint density at radius 3 is 1.31 bits per heavy atom. The lowest BCUT2D eigenvalue weighted by Gasteiger charge is -2.40. The smallest absolute Gasteiger partial charge is 0.338 e. The van der Waals surface area contributed by atoms with Crippen molar-refractivity contribution in [2.24, 2.45) is 0 Å². The Morgan fingerprint density at radius 2 is 1.03 bits per heavy atom. The van der Waals surface area contributed by atoms with Crippen molar-refractivity contribution in [2.45, 2.75) is 36.8 Å². The molecule has 188 valence electrons. The first-order valence-corrected chi connectivity index (χ1v) is 9.79. The zero-order valence-electron chi connectivity index (χ0n) is 17.5. The second-order valence-corrected chi connectivity index (χ2v) is 7.85. The minimum Gasteiger partial charge on any atom is -0.504 e. The van der Waals surface area contributed by atoms with E-state index in [1.807, 2.05) is 0 Å². The van der Waals surface area contributed by atoms with Crippen LogP contribution in [0.3, 0.4) is 0 Å². The monoisotopic (exact) mass is 496 g/mol. The number of ether oxygens (including phenoxy) is 2. The molecular formula is C21H20O14. The van der Waals surface area contributed by atoms with Crippen molar-refractivity contribution in [3.8, 4) is 34.5 Å². The molecule has 2 atom stereocenters. The van der Waals surface area contributed by atoms with Crippen LogP contribution in [-0.2, 0) is 14.3 Å². The molecule has 1 saturated carbocycles. The Labute approximate surface area is 195 Å². The molecule has 0 heterocycles. The third-order valence-corrected chi connectivity index (χ3v) is 5.37. The summed E-state index contributed by atoms with van der Waals surface area (Å²) in [5.41, 5.74) is -3.64. The maximum Gasteiger partial charge on any atom is 0.338 e. The first-order chi connectivity index (χ1) is 16.2. The summed E-state index contributed by atoms with van der Waals surface area (Å²) in [5, 5.41) is 87.5. The van der Waals surface area contributed by atoms with Crippen LogP contribution in [0.4, 0.5) is 0 Å². The number of aromatic hydroxyl groups is 6. The number of carboxylic acids is 1. The normalized spacial score (nSPS) is 23.9. The molecule has 14 nitrogen and oxygen atoms in total. The fourth-order valence-corrected chi connectivity index (χ4v) is 3.48. The SMILES string of the molecule is O=C(O[C@H]1CC(O)(C(=O)O)C[C@H](OC(=O)c2cc(O)c(O)c(O)c2)C1O)c1cc(O)c(O)c(O)c1. The molecule has 0 unspecified atom stereocenters. The second kappa shape index (κ2) is 9.08. The molecule has 1 aliphatic carbocycles. The van der Waals surface area contributed by atoms with Crippen LogP contribution in [-0.4, -0.2) is 87.8 Å². The quantitative estimate of drug-likeness (QED) is 0.189. The lowest BCUT2D eigenvalue weighted by Crippen LogP contribution is -2.58. The number of aliphatic carboxylic acids is 1. The number of carbonyl (C=O) groups excluding carboxylic acids is 2. The van der Waals surface area contributed by atoms with Gasteiger partial charge in [0.25, 0.3) is 0 Å². The number of aliphatic hydroxyl groups excluding tert-OH is 1. The van der Waals surface area contributed by atoms with E-state index in [1.165, 1.54) is 0 Å². The first-order valence-electron chi connectivity index (χ1n) is 9.79. The van der Waals surface area contributed by atoms with Gasteiger partial charge in [0, 0.05) is 12.8 Å². The van der Waals surface area contributed by atoms with E-state index >= 15 is 0 Å². The van der Waals surface area contributed by atoms with Crippen LogP contribution in [0.1, 0.15) is 33.6 Å². The number of rotatable bonds is 5. The zero-order valence-corrected chi connectivity index (χ0v) is 17.5. The number of hydrogen-bond acceptors (Lipinski definition) is 13. The molecule has 14 heteroatoms. The molecule has 0 aromatic heterocycles. The van der Waals surface area contributed by atoms with Crippen LogP contribution in [0.5, 0.6) is 34.5 Å². The third kappa shape index (κ3) is 4.92. The topological polar surface area (TPSA) is 252 Å². The summed E-state index contributed by atoms with van der Waals surface area (Å²) >= 11 is 0. The van der Waals surface area contributed by atoms with Gasteiger partial charge in [-0.05, 0) is 24.3 Å². The number of phenolic OH excluding ortho intramolecular Hbond substituents is 6. The lowest BCUT2D eigenvalue weighted by molar-refractivity contribution is -0.187. The van der Waals surface area contributed by atoms with E-state index in [1.54, 1.807) is 0 Å². The van der Waals surface area contributed by atoms with Crippen LogP contribution < -0.4 is 0 Å². The molecule has 0 aliphatic heterocycles. The number of hydrogen-bond donors (Lipinski definition) is 9. The molecule has 0 amide bonds. The Kier molecular flexibility index (Phi) is 6.53. The minimum atomic E-state index is -2.63. The van der Waals surface area contributed by atoms with E-state index in [-0.39, 0.29) is 0 Å². The summed E-state index contributed by atoms with van der Waals surface area (Å²) in [4.78, 5) is 36.6.